The molecule has 1 aromatic rings. The minimum Gasteiger partial charge on any atom is -0.345 e. The minimum atomic E-state index is -0.220. The Labute approximate surface area is 99.3 Å². The second-order valence-corrected chi connectivity index (χ2v) is 3.87. The Morgan fingerprint density at radius 1 is 1.12 bits per heavy atom. The molecule has 1 rings (SSSR count). The van der Waals surface area contributed by atoms with E-state index in [1.807, 2.05) is 0 Å². The Morgan fingerprint density at radius 2 is 1.69 bits per heavy atom. The number of allylic oxidation sites excluding steroid dienone is 1. The molecule has 0 radical (unpaired) electrons. The van der Waals surface area contributed by atoms with Crippen LogP contribution in [0.1, 0.15) is 10.4 Å². The maximum absolute atomic E-state index is 11.6. The minimum absolute atomic E-state index is 0.216. The van der Waals surface area contributed by atoms with Crippen LogP contribution < -0.4 is 0 Å². The van der Waals surface area contributed by atoms with E-state index in [0.717, 1.165) is 0 Å². The molecule has 0 spiro atoms. The summed E-state index contributed by atoms with van der Waals surface area (Å²) in [6.45, 7) is 0. The van der Waals surface area contributed by atoms with Crippen molar-refractivity contribution in [2.75, 3.05) is 14.1 Å². The summed E-state index contributed by atoms with van der Waals surface area (Å²) in [6.07, 6.45) is 2.50. The standard InChI is InChI=1S/C12H12ClNO2/c1-14(2)12(16)8-7-11(15)9-3-5-10(13)6-4-9/h3-8H,1-2H3/b8-7+. The Hall–Kier alpha value is -1.61. The molecule has 0 aliphatic carbocycles. The summed E-state index contributed by atoms with van der Waals surface area (Å²) in [6, 6.07) is 6.51. The highest BCUT2D eigenvalue weighted by molar-refractivity contribution is 6.30. The number of ketones is 1. The Morgan fingerprint density at radius 3 is 2.19 bits per heavy atom. The fourth-order valence-corrected chi connectivity index (χ4v) is 1.13. The topological polar surface area (TPSA) is 37.4 Å². The third-order valence-electron chi connectivity index (χ3n) is 1.95. The van der Waals surface area contributed by atoms with Crippen molar-refractivity contribution in [3.8, 4) is 0 Å². The average molecular weight is 238 g/mol. The SMILES string of the molecule is CN(C)C(=O)/C=C/C(=O)c1ccc(Cl)cc1. The lowest BCUT2D eigenvalue weighted by Crippen LogP contribution is -2.19. The summed E-state index contributed by atoms with van der Waals surface area (Å²) in [4.78, 5) is 24.2. The number of amides is 1. The van der Waals surface area contributed by atoms with Crippen LogP contribution in [0.2, 0.25) is 5.02 Å². The number of halogens is 1. The normalized spacial score (nSPS) is 10.4. The molecular formula is C12H12ClNO2. The molecule has 0 bridgehead atoms. The molecule has 0 saturated carbocycles. The number of likely N-dealkylation sites (N-methyl/N-ethyl adjacent to an activating group) is 1. The van der Waals surface area contributed by atoms with E-state index >= 15 is 0 Å². The highest BCUT2D eigenvalue weighted by Crippen LogP contribution is 2.10. The van der Waals surface area contributed by atoms with Crippen molar-refractivity contribution in [2.24, 2.45) is 0 Å². The molecule has 0 aromatic heterocycles. The molecule has 3 nitrogen and oxygen atoms in total. The maximum Gasteiger partial charge on any atom is 0.246 e. The lowest BCUT2D eigenvalue weighted by Gasteiger charge is -2.04. The van der Waals surface area contributed by atoms with Gasteiger partial charge < -0.3 is 4.90 Å². The Balaban J connectivity index is 2.73. The van der Waals surface area contributed by atoms with Crippen molar-refractivity contribution in [3.63, 3.8) is 0 Å². The largest absolute Gasteiger partial charge is 0.345 e. The fourth-order valence-electron chi connectivity index (χ4n) is 1.01. The second kappa shape index (κ2) is 5.47. The zero-order chi connectivity index (χ0) is 12.1. The van der Waals surface area contributed by atoms with Gasteiger partial charge in [0.25, 0.3) is 0 Å². The lowest BCUT2D eigenvalue weighted by atomic mass is 10.1. The van der Waals surface area contributed by atoms with Crippen LogP contribution in [0.5, 0.6) is 0 Å². The van der Waals surface area contributed by atoms with Gasteiger partial charge in [0.1, 0.15) is 0 Å². The average Bonchev–Trinajstić information content (AvgIpc) is 2.26. The van der Waals surface area contributed by atoms with E-state index in [2.05, 4.69) is 0 Å². The predicted molar refractivity (Wildman–Crippen MR) is 63.6 cm³/mol. The monoisotopic (exact) mass is 237 g/mol. The molecule has 0 fully saturated rings. The molecule has 0 atom stereocenters. The number of nitrogens with zero attached hydrogens (tertiary/aromatic N) is 1. The molecule has 0 aliphatic heterocycles. The maximum atomic E-state index is 11.6. The van der Waals surface area contributed by atoms with E-state index in [1.165, 1.54) is 17.1 Å². The Bertz CT molecular complexity index is 421. The van der Waals surface area contributed by atoms with Crippen molar-refractivity contribution in [3.05, 3.63) is 47.0 Å². The van der Waals surface area contributed by atoms with Crippen LogP contribution in [-0.4, -0.2) is 30.7 Å². The van der Waals surface area contributed by atoms with Gasteiger partial charge in [-0.2, -0.15) is 0 Å². The Kier molecular flexibility index (Phi) is 4.26. The number of benzene rings is 1. The van der Waals surface area contributed by atoms with Crippen molar-refractivity contribution in [2.45, 2.75) is 0 Å². The summed E-state index contributed by atoms with van der Waals surface area (Å²) >= 11 is 5.70. The van der Waals surface area contributed by atoms with Gasteiger partial charge in [-0.1, -0.05) is 11.6 Å². The molecule has 0 N–H and O–H groups in total. The molecule has 4 heteroatoms. The first-order valence-electron chi connectivity index (χ1n) is 4.70. The van der Waals surface area contributed by atoms with E-state index in [1.54, 1.807) is 38.4 Å². The third-order valence-corrected chi connectivity index (χ3v) is 2.20. The van der Waals surface area contributed by atoms with Gasteiger partial charge in [0.05, 0.1) is 0 Å². The fraction of sp³-hybridized carbons (Fsp3) is 0.167. The number of rotatable bonds is 3. The number of hydrogen-bond donors (Lipinski definition) is 0. The quantitative estimate of drug-likeness (QED) is 0.597. The van der Waals surface area contributed by atoms with Crippen molar-refractivity contribution >= 4 is 23.3 Å². The van der Waals surface area contributed by atoms with E-state index < -0.39 is 0 Å². The van der Waals surface area contributed by atoms with Crippen LogP contribution in [0.15, 0.2) is 36.4 Å². The summed E-state index contributed by atoms with van der Waals surface area (Å²) in [5.41, 5.74) is 0.507. The van der Waals surface area contributed by atoms with Gasteiger partial charge in [-0.25, -0.2) is 0 Å². The smallest absolute Gasteiger partial charge is 0.246 e. The highest BCUT2D eigenvalue weighted by atomic mass is 35.5. The second-order valence-electron chi connectivity index (χ2n) is 3.44. The molecule has 16 heavy (non-hydrogen) atoms. The first-order valence-corrected chi connectivity index (χ1v) is 5.08. The number of carbonyl (C=O) groups is 2. The molecular weight excluding hydrogens is 226 g/mol. The van der Waals surface area contributed by atoms with Crippen molar-refractivity contribution < 1.29 is 9.59 Å². The summed E-state index contributed by atoms with van der Waals surface area (Å²) in [5, 5.41) is 0.574. The number of carbonyl (C=O) groups excluding carboxylic acids is 2. The molecule has 0 aliphatic rings. The van der Waals surface area contributed by atoms with Crippen molar-refractivity contribution in [1.82, 2.24) is 4.90 Å². The van der Waals surface area contributed by atoms with Gasteiger partial charge >= 0.3 is 0 Å². The number of hydrogen-bond acceptors (Lipinski definition) is 2. The van der Waals surface area contributed by atoms with Gasteiger partial charge in [0.15, 0.2) is 5.78 Å². The van der Waals surface area contributed by atoms with E-state index in [4.69, 9.17) is 11.6 Å². The van der Waals surface area contributed by atoms with Crippen LogP contribution in [0, 0.1) is 0 Å². The zero-order valence-corrected chi connectivity index (χ0v) is 9.86. The first-order chi connectivity index (χ1) is 7.50. The van der Waals surface area contributed by atoms with Gasteiger partial charge in [-0.15, -0.1) is 0 Å². The lowest BCUT2D eigenvalue weighted by molar-refractivity contribution is -0.123. The molecule has 84 valence electrons. The van der Waals surface area contributed by atoms with Crippen molar-refractivity contribution in [1.29, 1.82) is 0 Å². The van der Waals surface area contributed by atoms with Crippen LogP contribution >= 0.6 is 11.6 Å². The highest BCUT2D eigenvalue weighted by Gasteiger charge is 2.03. The van der Waals surface area contributed by atoms with Gasteiger partial charge in [-0.3, -0.25) is 9.59 Å². The van der Waals surface area contributed by atoms with Crippen LogP contribution in [0.3, 0.4) is 0 Å². The summed E-state index contributed by atoms with van der Waals surface area (Å²) < 4.78 is 0. The third kappa shape index (κ3) is 3.51. The molecule has 1 amide bonds. The van der Waals surface area contributed by atoms with Crippen LogP contribution in [0.4, 0.5) is 0 Å². The van der Waals surface area contributed by atoms with Gasteiger partial charge in [0.2, 0.25) is 5.91 Å². The zero-order valence-electron chi connectivity index (χ0n) is 9.11. The van der Waals surface area contributed by atoms with Gasteiger partial charge in [-0.05, 0) is 30.3 Å². The van der Waals surface area contributed by atoms with Crippen LogP contribution in [-0.2, 0) is 4.79 Å². The first kappa shape index (κ1) is 12.5. The van der Waals surface area contributed by atoms with E-state index in [0.29, 0.717) is 10.6 Å². The summed E-state index contributed by atoms with van der Waals surface area (Å²) in [5.74, 6) is -0.436. The van der Waals surface area contributed by atoms with E-state index in [-0.39, 0.29) is 11.7 Å². The van der Waals surface area contributed by atoms with Gasteiger partial charge in [0, 0.05) is 30.8 Å². The molecule has 0 unspecified atom stereocenters. The molecule has 0 heterocycles. The van der Waals surface area contributed by atoms with E-state index in [9.17, 15) is 9.59 Å². The van der Waals surface area contributed by atoms with Crippen LogP contribution in [0.25, 0.3) is 0 Å². The molecule has 1 aromatic carbocycles. The molecule has 0 saturated heterocycles. The summed E-state index contributed by atoms with van der Waals surface area (Å²) in [7, 11) is 3.25. The predicted octanol–water partition coefficient (Wildman–Crippen LogP) is 2.17.